The summed E-state index contributed by atoms with van der Waals surface area (Å²) in [5.41, 5.74) is 13.3. The van der Waals surface area contributed by atoms with Gasteiger partial charge in [0.15, 0.2) is 0 Å². The molecule has 0 saturated carbocycles. The van der Waals surface area contributed by atoms with Crippen LogP contribution in [0.1, 0.15) is 43.4 Å². The van der Waals surface area contributed by atoms with Crippen LogP contribution in [0.4, 0.5) is 0 Å². The molecule has 6 heteroatoms. The number of allylic oxidation sites excluding steroid dienone is 2. The Hall–Kier alpha value is -2.57. The Morgan fingerprint density at radius 2 is 0.808 bits per heavy atom. The fourth-order valence-corrected chi connectivity index (χ4v) is 241. The van der Waals surface area contributed by atoms with Gasteiger partial charge < -0.3 is 0 Å². The van der Waals surface area contributed by atoms with Crippen LogP contribution in [-0.2, 0) is 15.6 Å². The Kier molecular flexibility index (Phi) is 8.93. The van der Waals surface area contributed by atoms with Crippen molar-refractivity contribution in [3.63, 3.8) is 0 Å². The summed E-state index contributed by atoms with van der Waals surface area (Å²) in [7, 11) is 14.8. The Morgan fingerprint density at radius 1 is 0.462 bits per heavy atom. The first kappa shape index (κ1) is 36.4. The van der Waals surface area contributed by atoms with E-state index >= 15 is 0 Å². The van der Waals surface area contributed by atoms with Gasteiger partial charge in [0.1, 0.15) is 0 Å². The molecule has 0 heterocycles. The van der Waals surface area contributed by atoms with E-state index in [1.807, 2.05) is 0 Å². The van der Waals surface area contributed by atoms with E-state index in [1.54, 1.807) is 0 Å². The van der Waals surface area contributed by atoms with E-state index in [0.29, 0.717) is 0 Å². The normalized spacial score (nSPS) is 18.2. The molecule has 0 amide bonds. The monoisotopic (exact) mass is 845 g/mol. The van der Waals surface area contributed by atoms with Crippen LogP contribution in [0.2, 0.25) is 39.3 Å². The number of hydrogen-bond donors (Lipinski definition) is 0. The van der Waals surface area contributed by atoms with Crippen molar-refractivity contribution in [2.45, 2.75) is 60.4 Å². The van der Waals surface area contributed by atoms with Crippen LogP contribution < -0.4 is 0 Å². The molecule has 2 unspecified atom stereocenters. The number of fused-ring (bicyclic) bond motifs is 4. The molecule has 52 heavy (non-hydrogen) atoms. The van der Waals surface area contributed by atoms with E-state index in [-0.39, 0.29) is 7.25 Å². The van der Waals surface area contributed by atoms with Crippen LogP contribution in [0.3, 0.4) is 0 Å². The third kappa shape index (κ3) is 5.58. The second-order valence-corrected chi connectivity index (χ2v) is 88.1. The van der Waals surface area contributed by atoms with Gasteiger partial charge in [-0.25, -0.2) is 0 Å². The molecule has 0 aromatic heterocycles. The van der Waals surface area contributed by atoms with Gasteiger partial charge in [-0.3, -0.25) is 0 Å². The summed E-state index contributed by atoms with van der Waals surface area (Å²) in [6, 6.07) is 44.9. The first-order valence-corrected chi connectivity index (χ1v) is 43.4. The van der Waals surface area contributed by atoms with Gasteiger partial charge in [-0.1, -0.05) is 0 Å². The summed E-state index contributed by atoms with van der Waals surface area (Å²) in [5, 5.41) is 5.11. The van der Waals surface area contributed by atoms with Crippen molar-refractivity contribution >= 4 is 70.9 Å². The minimum atomic E-state index is -5.11. The van der Waals surface area contributed by atoms with Crippen LogP contribution in [0.5, 0.6) is 0 Å². The quantitative estimate of drug-likeness (QED) is 0.140. The van der Waals surface area contributed by atoms with Crippen molar-refractivity contribution in [2.75, 3.05) is 0 Å². The molecular weight excluding hydrogens is 799 g/mol. The molecular formula is C46H49Cl2Si3Zr. The number of benzene rings is 6. The van der Waals surface area contributed by atoms with Crippen LogP contribution in [0.25, 0.3) is 56.0 Å². The van der Waals surface area contributed by atoms with Gasteiger partial charge in [-0.15, -0.1) is 0 Å². The van der Waals surface area contributed by atoms with Gasteiger partial charge in [-0.2, -0.15) is 0 Å². The van der Waals surface area contributed by atoms with E-state index in [9.17, 15) is 17.0 Å². The fourth-order valence-electron chi connectivity index (χ4n) is 11.4. The molecule has 0 radical (unpaired) electrons. The summed E-state index contributed by atoms with van der Waals surface area (Å²) < 4.78 is 0.149. The molecule has 2 atom stereocenters. The summed E-state index contributed by atoms with van der Waals surface area (Å²) in [6.07, 6.45) is 4.97. The topological polar surface area (TPSA) is 0 Å². The molecule has 0 saturated heterocycles. The van der Waals surface area contributed by atoms with Crippen LogP contribution in [0.15, 0.2) is 132 Å². The summed E-state index contributed by atoms with van der Waals surface area (Å²) in [4.78, 5) is -1.78. The number of rotatable bonds is 7. The van der Waals surface area contributed by atoms with E-state index in [1.165, 1.54) is 77.2 Å². The number of halogens is 2. The zero-order valence-corrected chi connectivity index (χ0v) is 38.8. The Bertz CT molecular complexity index is 2300. The van der Waals surface area contributed by atoms with Gasteiger partial charge in [0, 0.05) is 0 Å². The maximum absolute atomic E-state index is 9.20. The molecule has 0 nitrogen and oxygen atoms in total. The third-order valence-electron chi connectivity index (χ3n) is 12.1. The number of hydrogen-bond acceptors (Lipinski definition) is 0. The second kappa shape index (κ2) is 12.8. The average Bonchev–Trinajstić information content (AvgIpc) is 3.63. The molecule has 8 rings (SSSR count). The van der Waals surface area contributed by atoms with Crippen molar-refractivity contribution in [3.05, 3.63) is 155 Å². The van der Waals surface area contributed by atoms with E-state index < -0.39 is 35.7 Å². The summed E-state index contributed by atoms with van der Waals surface area (Å²) in [6.45, 7) is 20.4. The molecule has 6 aromatic carbocycles. The molecule has 0 spiro atoms. The van der Waals surface area contributed by atoms with Crippen molar-refractivity contribution in [1.29, 1.82) is 0 Å². The predicted octanol–water partition coefficient (Wildman–Crippen LogP) is 14.5. The predicted molar refractivity (Wildman–Crippen MR) is 237 cm³/mol. The first-order valence-electron chi connectivity index (χ1n) is 18.8. The summed E-state index contributed by atoms with van der Waals surface area (Å²) in [5.74, 6) is 0. The van der Waals surface area contributed by atoms with E-state index in [2.05, 4.69) is 187 Å². The third-order valence-corrected chi connectivity index (χ3v) is 150. The fraction of sp³-hybridized carbons (Fsp3) is 0.217. The Balaban J connectivity index is 1.41. The molecule has 0 aliphatic heterocycles. The van der Waals surface area contributed by atoms with Crippen molar-refractivity contribution < 1.29 is 15.6 Å². The standard InChI is InChI=1S/2C20H15.C6H19Si3.2ClH.Zr/c2*1-14-12-16-8-5-11-19(20(16)13-14)18-10-4-7-15-6-2-3-9-17(15)18;1-8(2,3)7-9(4,5)6;;;/h2*2-13H,1H3;7H,1-6H3;2*1H;/q;;;;;+2/p-2. The van der Waals surface area contributed by atoms with Gasteiger partial charge in [0.25, 0.3) is 0 Å². The zero-order valence-electron chi connectivity index (χ0n) is 31.7. The van der Waals surface area contributed by atoms with Crippen LogP contribution >= 0.6 is 17.0 Å². The molecule has 6 aromatic rings. The van der Waals surface area contributed by atoms with Gasteiger partial charge >= 0.3 is 324 Å². The van der Waals surface area contributed by atoms with Crippen molar-refractivity contribution in [1.82, 2.24) is 0 Å². The SMILES string of the molecule is CC1=Cc2c(-c3cccc4ccccc34)cccc2[CH]1[Zr]([Cl])([Cl])([CH]1C(C)=Cc2c(-c3cccc4ccccc34)cccc21)[SiH]([Si](C)(C)C)[Si](C)(C)C. The van der Waals surface area contributed by atoms with Gasteiger partial charge in [0.05, 0.1) is 0 Å². The molecule has 0 bridgehead atoms. The molecule has 2 aliphatic carbocycles. The summed E-state index contributed by atoms with van der Waals surface area (Å²) >= 11 is -5.11. The van der Waals surface area contributed by atoms with Gasteiger partial charge in [0.2, 0.25) is 0 Å². The molecule has 0 N–H and O–H groups in total. The maximum atomic E-state index is 9.20. The van der Waals surface area contributed by atoms with Crippen molar-refractivity contribution in [3.8, 4) is 22.3 Å². The van der Waals surface area contributed by atoms with Crippen LogP contribution in [0, 0.1) is 0 Å². The van der Waals surface area contributed by atoms with Crippen LogP contribution in [-0.4, -0.2) is 20.1 Å². The van der Waals surface area contributed by atoms with E-state index in [4.69, 9.17) is 0 Å². The minimum absolute atomic E-state index is 0.0744. The zero-order chi connectivity index (χ0) is 36.8. The molecule has 263 valence electrons. The van der Waals surface area contributed by atoms with E-state index in [0.717, 1.165) is 0 Å². The first-order chi connectivity index (χ1) is 24.6. The molecule has 0 fully saturated rings. The van der Waals surface area contributed by atoms with Crippen molar-refractivity contribution in [2.24, 2.45) is 0 Å². The average molecular weight is 848 g/mol. The Labute approximate surface area is 321 Å². The van der Waals surface area contributed by atoms with Gasteiger partial charge in [-0.05, 0) is 0 Å². The Morgan fingerprint density at radius 3 is 1.21 bits per heavy atom. The molecule has 2 aliphatic rings. The second-order valence-electron chi connectivity index (χ2n) is 17.7.